The molecule has 0 amide bonds. The van der Waals surface area contributed by atoms with Gasteiger partial charge in [-0.1, -0.05) is 115 Å². The van der Waals surface area contributed by atoms with E-state index in [9.17, 15) is 0 Å². The summed E-state index contributed by atoms with van der Waals surface area (Å²) in [7, 11) is 0. The van der Waals surface area contributed by atoms with E-state index in [-0.39, 0.29) is 0 Å². The molecule has 5 heteroatoms. The second-order valence-electron chi connectivity index (χ2n) is 7.25. The van der Waals surface area contributed by atoms with Gasteiger partial charge in [-0.05, 0) is 30.9 Å². The molecule has 0 unspecified atom stereocenters. The molecule has 2 nitrogen and oxygen atoms in total. The van der Waals surface area contributed by atoms with Gasteiger partial charge in [-0.2, -0.15) is 0 Å². The minimum atomic E-state index is -2.09. The molecule has 0 bridgehead atoms. The SMILES string of the molecule is CCCCCCCCCCOP(=S)(OCCCCCCCCCC)SC. The van der Waals surface area contributed by atoms with Gasteiger partial charge in [-0.15, -0.1) is 0 Å². The van der Waals surface area contributed by atoms with Crippen LogP contribution in [0.5, 0.6) is 0 Å². The van der Waals surface area contributed by atoms with Gasteiger partial charge in [-0.25, -0.2) is 0 Å². The van der Waals surface area contributed by atoms with E-state index in [1.165, 1.54) is 89.9 Å². The minimum Gasteiger partial charge on any atom is -0.322 e. The Morgan fingerprint density at radius 1 is 0.577 bits per heavy atom. The van der Waals surface area contributed by atoms with Crippen molar-refractivity contribution in [3.05, 3.63) is 0 Å². The summed E-state index contributed by atoms with van der Waals surface area (Å²) in [4.78, 5) is 0. The Morgan fingerprint density at radius 3 is 1.19 bits per heavy atom. The van der Waals surface area contributed by atoms with Gasteiger partial charge in [0.1, 0.15) is 0 Å². The lowest BCUT2D eigenvalue weighted by Gasteiger charge is -2.20. The quantitative estimate of drug-likeness (QED) is 0.135. The van der Waals surface area contributed by atoms with Crippen LogP contribution >= 0.6 is 17.1 Å². The summed E-state index contributed by atoms with van der Waals surface area (Å²) in [5.74, 6) is 0. The molecule has 26 heavy (non-hydrogen) atoms. The predicted octanol–water partition coefficient (Wildman–Crippen LogP) is 8.89. The highest BCUT2D eigenvalue weighted by molar-refractivity contribution is 8.67. The third kappa shape index (κ3) is 18.3. The smallest absolute Gasteiger partial charge is 0.247 e. The molecule has 0 atom stereocenters. The number of rotatable bonds is 21. The first-order valence-electron chi connectivity index (χ1n) is 11.1. The Morgan fingerprint density at radius 2 is 0.885 bits per heavy atom. The average Bonchev–Trinajstić information content (AvgIpc) is 2.65. The van der Waals surface area contributed by atoms with E-state index in [4.69, 9.17) is 20.9 Å². The van der Waals surface area contributed by atoms with Gasteiger partial charge in [0.25, 0.3) is 0 Å². The molecule has 0 spiro atoms. The third-order valence-electron chi connectivity index (χ3n) is 4.72. The summed E-state index contributed by atoms with van der Waals surface area (Å²) in [6, 6.07) is 0. The summed E-state index contributed by atoms with van der Waals surface area (Å²) in [6.07, 6.45) is 23.2. The van der Waals surface area contributed by atoms with E-state index in [0.717, 1.165) is 26.1 Å². The van der Waals surface area contributed by atoms with Crippen LogP contribution < -0.4 is 0 Å². The van der Waals surface area contributed by atoms with Crippen molar-refractivity contribution in [2.45, 2.75) is 117 Å². The van der Waals surface area contributed by atoms with E-state index < -0.39 is 5.69 Å². The highest BCUT2D eigenvalue weighted by Gasteiger charge is 2.17. The van der Waals surface area contributed by atoms with Crippen LogP contribution in [0.2, 0.25) is 0 Å². The summed E-state index contributed by atoms with van der Waals surface area (Å²) < 4.78 is 11.9. The van der Waals surface area contributed by atoms with E-state index in [0.29, 0.717) is 0 Å². The minimum absolute atomic E-state index is 0.768. The van der Waals surface area contributed by atoms with E-state index in [1.807, 2.05) is 6.26 Å². The molecule has 0 radical (unpaired) electrons. The van der Waals surface area contributed by atoms with Crippen molar-refractivity contribution < 1.29 is 9.05 Å². The molecule has 0 aliphatic rings. The Bertz CT molecular complexity index is 301. The topological polar surface area (TPSA) is 18.5 Å². The maximum atomic E-state index is 5.96. The monoisotopic (exact) mass is 424 g/mol. The largest absolute Gasteiger partial charge is 0.322 e. The Balaban J connectivity index is 3.51. The fraction of sp³-hybridized carbons (Fsp3) is 1.00. The zero-order chi connectivity index (χ0) is 19.3. The van der Waals surface area contributed by atoms with Crippen LogP contribution in [0.15, 0.2) is 0 Å². The lowest BCUT2D eigenvalue weighted by molar-refractivity contribution is 0.249. The molecular weight excluding hydrogens is 379 g/mol. The molecule has 158 valence electrons. The Labute approximate surface area is 173 Å². The van der Waals surface area contributed by atoms with Crippen molar-refractivity contribution >= 4 is 28.9 Å². The van der Waals surface area contributed by atoms with Crippen LogP contribution in [0.3, 0.4) is 0 Å². The zero-order valence-corrected chi connectivity index (χ0v) is 20.3. The van der Waals surface area contributed by atoms with Gasteiger partial charge in [0.15, 0.2) is 0 Å². The number of hydrogen-bond acceptors (Lipinski definition) is 4. The van der Waals surface area contributed by atoms with Gasteiger partial charge in [-0.3, -0.25) is 0 Å². The zero-order valence-electron chi connectivity index (χ0n) is 17.8. The van der Waals surface area contributed by atoms with Gasteiger partial charge in [0, 0.05) is 0 Å². The van der Waals surface area contributed by atoms with Crippen LogP contribution in [-0.2, 0) is 20.9 Å². The number of unbranched alkanes of at least 4 members (excludes halogenated alkanes) is 14. The fourth-order valence-corrected chi connectivity index (χ4v) is 5.48. The molecule has 0 aromatic rings. The summed E-state index contributed by atoms with van der Waals surface area (Å²) in [5.41, 5.74) is -2.09. The molecule has 0 aliphatic heterocycles. The van der Waals surface area contributed by atoms with E-state index in [1.54, 1.807) is 11.4 Å². The summed E-state index contributed by atoms with van der Waals surface area (Å²) in [5, 5.41) is 0. The van der Waals surface area contributed by atoms with Crippen LogP contribution in [0.4, 0.5) is 0 Å². The Kier molecular flexibility index (Phi) is 21.4. The van der Waals surface area contributed by atoms with E-state index in [2.05, 4.69) is 13.8 Å². The lowest BCUT2D eigenvalue weighted by atomic mass is 10.1. The van der Waals surface area contributed by atoms with Crippen molar-refractivity contribution in [3.63, 3.8) is 0 Å². The van der Waals surface area contributed by atoms with Crippen LogP contribution in [-0.4, -0.2) is 19.5 Å². The van der Waals surface area contributed by atoms with Crippen molar-refractivity contribution in [1.82, 2.24) is 0 Å². The second-order valence-corrected chi connectivity index (χ2v) is 13.7. The summed E-state index contributed by atoms with van der Waals surface area (Å²) >= 11 is 7.24. The first-order valence-corrected chi connectivity index (χ1v) is 15.6. The van der Waals surface area contributed by atoms with Crippen molar-refractivity contribution in [2.24, 2.45) is 0 Å². The average molecular weight is 425 g/mol. The molecule has 0 fully saturated rings. The Hall–Kier alpha value is 0.920. The molecule has 0 aromatic heterocycles. The third-order valence-corrected chi connectivity index (χ3v) is 10.1. The molecule has 0 heterocycles. The molecule has 0 saturated heterocycles. The molecule has 0 aromatic carbocycles. The molecule has 0 N–H and O–H groups in total. The van der Waals surface area contributed by atoms with Gasteiger partial charge < -0.3 is 9.05 Å². The van der Waals surface area contributed by atoms with Crippen LogP contribution in [0.1, 0.15) is 117 Å². The first-order chi connectivity index (χ1) is 12.7. The van der Waals surface area contributed by atoms with Crippen molar-refractivity contribution in [1.29, 1.82) is 0 Å². The predicted molar refractivity (Wildman–Crippen MR) is 125 cm³/mol. The summed E-state index contributed by atoms with van der Waals surface area (Å²) in [6.45, 7) is 6.07. The molecular formula is C21H45O2PS2. The van der Waals surface area contributed by atoms with Crippen molar-refractivity contribution in [2.75, 3.05) is 19.5 Å². The van der Waals surface area contributed by atoms with Gasteiger partial charge >= 0.3 is 0 Å². The van der Waals surface area contributed by atoms with Crippen molar-refractivity contribution in [3.8, 4) is 0 Å². The standard InChI is InChI=1S/C21H45O2PS2/c1-4-6-8-10-12-14-16-18-20-22-24(25,26-3)23-21-19-17-15-13-11-9-7-5-2/h4-21H2,1-3H3. The van der Waals surface area contributed by atoms with Gasteiger partial charge in [0.05, 0.1) is 13.2 Å². The molecule has 0 saturated carbocycles. The second kappa shape index (κ2) is 20.6. The maximum absolute atomic E-state index is 5.96. The fourth-order valence-electron chi connectivity index (χ4n) is 2.97. The van der Waals surface area contributed by atoms with Crippen LogP contribution in [0, 0.1) is 0 Å². The molecule has 0 rings (SSSR count). The van der Waals surface area contributed by atoms with Gasteiger partial charge in [0.2, 0.25) is 5.69 Å². The van der Waals surface area contributed by atoms with Crippen LogP contribution in [0.25, 0.3) is 0 Å². The highest BCUT2D eigenvalue weighted by atomic mass is 32.9. The molecule has 0 aliphatic carbocycles. The van der Waals surface area contributed by atoms with E-state index >= 15 is 0 Å². The number of hydrogen-bond donors (Lipinski definition) is 0. The normalized spacial score (nSPS) is 12.0. The lowest BCUT2D eigenvalue weighted by Crippen LogP contribution is -1.97. The maximum Gasteiger partial charge on any atom is 0.247 e. The highest BCUT2D eigenvalue weighted by Crippen LogP contribution is 2.59. The first kappa shape index (κ1) is 26.9.